The summed E-state index contributed by atoms with van der Waals surface area (Å²) in [6.45, 7) is 2.30. The summed E-state index contributed by atoms with van der Waals surface area (Å²) >= 11 is 0. The summed E-state index contributed by atoms with van der Waals surface area (Å²) in [6.07, 6.45) is 5.55. The minimum Gasteiger partial charge on any atom is -0.350 e. The van der Waals surface area contributed by atoms with Crippen LogP contribution in [0.15, 0.2) is 24.5 Å². The van der Waals surface area contributed by atoms with Gasteiger partial charge < -0.3 is 9.88 Å². The molecule has 0 radical (unpaired) electrons. The molecule has 1 N–H and O–H groups in total. The molecule has 10 heavy (non-hydrogen) atoms. The van der Waals surface area contributed by atoms with Crippen molar-refractivity contribution in [2.75, 3.05) is 13.1 Å². The Hall–Kier alpha value is -0.760. The maximum atomic E-state index is 3.34. The smallest absolute Gasteiger partial charge is 0.0467 e. The average molecular weight is 136 g/mol. The summed E-state index contributed by atoms with van der Waals surface area (Å²) in [7, 11) is 0. The van der Waals surface area contributed by atoms with Gasteiger partial charge in [-0.3, -0.25) is 0 Å². The molecule has 1 aliphatic heterocycles. The van der Waals surface area contributed by atoms with Crippen molar-refractivity contribution in [1.29, 1.82) is 0 Å². The maximum Gasteiger partial charge on any atom is 0.0467 e. The second-order valence-corrected chi connectivity index (χ2v) is 2.78. The summed E-state index contributed by atoms with van der Waals surface area (Å²) in [5, 5.41) is 3.34. The summed E-state index contributed by atoms with van der Waals surface area (Å²) in [4.78, 5) is 0. The molecule has 1 fully saturated rings. The SMILES string of the molecule is c1ccn([C@H]2CCNC2)c1. The van der Waals surface area contributed by atoms with E-state index in [1.54, 1.807) is 0 Å². The van der Waals surface area contributed by atoms with Crippen molar-refractivity contribution in [1.82, 2.24) is 9.88 Å². The zero-order chi connectivity index (χ0) is 6.81. The van der Waals surface area contributed by atoms with Crippen LogP contribution in [-0.2, 0) is 0 Å². The summed E-state index contributed by atoms with van der Waals surface area (Å²) < 4.78 is 2.28. The molecule has 0 amide bonds. The summed E-state index contributed by atoms with van der Waals surface area (Å²) in [5.41, 5.74) is 0. The van der Waals surface area contributed by atoms with Gasteiger partial charge in [-0.05, 0) is 25.1 Å². The lowest BCUT2D eigenvalue weighted by atomic mass is 10.3. The number of hydrogen-bond acceptors (Lipinski definition) is 1. The van der Waals surface area contributed by atoms with Gasteiger partial charge in [-0.2, -0.15) is 0 Å². The van der Waals surface area contributed by atoms with Gasteiger partial charge >= 0.3 is 0 Å². The van der Waals surface area contributed by atoms with E-state index in [2.05, 4.69) is 34.4 Å². The van der Waals surface area contributed by atoms with Gasteiger partial charge in [0.1, 0.15) is 0 Å². The normalized spacial score (nSPS) is 25.4. The third-order valence-corrected chi connectivity index (χ3v) is 2.08. The minimum atomic E-state index is 0.704. The first kappa shape index (κ1) is 5.98. The zero-order valence-corrected chi connectivity index (χ0v) is 5.96. The van der Waals surface area contributed by atoms with Crippen LogP contribution in [-0.4, -0.2) is 17.7 Å². The Morgan fingerprint density at radius 2 is 2.10 bits per heavy atom. The molecule has 0 spiro atoms. The fraction of sp³-hybridized carbons (Fsp3) is 0.500. The Balaban J connectivity index is 2.12. The van der Waals surface area contributed by atoms with Gasteiger partial charge in [0.15, 0.2) is 0 Å². The highest BCUT2D eigenvalue weighted by Gasteiger charge is 2.13. The van der Waals surface area contributed by atoms with Gasteiger partial charge in [-0.15, -0.1) is 0 Å². The first-order valence-corrected chi connectivity index (χ1v) is 3.80. The Labute approximate surface area is 60.9 Å². The van der Waals surface area contributed by atoms with Crippen LogP contribution in [0.25, 0.3) is 0 Å². The highest BCUT2D eigenvalue weighted by atomic mass is 15.1. The molecule has 0 bridgehead atoms. The molecule has 2 heterocycles. The molecule has 1 atom stereocenters. The molecule has 1 aliphatic rings. The van der Waals surface area contributed by atoms with Crippen LogP contribution in [0.3, 0.4) is 0 Å². The van der Waals surface area contributed by atoms with Crippen LogP contribution < -0.4 is 5.32 Å². The van der Waals surface area contributed by atoms with E-state index in [1.165, 1.54) is 13.0 Å². The van der Waals surface area contributed by atoms with Crippen LogP contribution >= 0.6 is 0 Å². The lowest BCUT2D eigenvalue weighted by molar-refractivity contribution is 0.550. The van der Waals surface area contributed by atoms with Gasteiger partial charge in [-0.25, -0.2) is 0 Å². The molecular weight excluding hydrogens is 124 g/mol. The van der Waals surface area contributed by atoms with Crippen LogP contribution in [0.4, 0.5) is 0 Å². The topological polar surface area (TPSA) is 17.0 Å². The molecule has 1 saturated heterocycles. The molecule has 2 rings (SSSR count). The Morgan fingerprint density at radius 1 is 1.30 bits per heavy atom. The second kappa shape index (κ2) is 2.46. The average Bonchev–Trinajstić information content (AvgIpc) is 2.59. The Morgan fingerprint density at radius 3 is 2.70 bits per heavy atom. The van der Waals surface area contributed by atoms with Crippen molar-refractivity contribution in [3.8, 4) is 0 Å². The van der Waals surface area contributed by atoms with Gasteiger partial charge in [0, 0.05) is 25.0 Å². The third kappa shape index (κ3) is 0.948. The van der Waals surface area contributed by atoms with Crippen LogP contribution in [0.1, 0.15) is 12.5 Å². The van der Waals surface area contributed by atoms with Gasteiger partial charge in [-0.1, -0.05) is 0 Å². The van der Waals surface area contributed by atoms with E-state index in [0.717, 1.165) is 6.54 Å². The lowest BCUT2D eigenvalue weighted by Crippen LogP contribution is -2.11. The molecule has 0 saturated carbocycles. The first-order valence-electron chi connectivity index (χ1n) is 3.80. The Kier molecular flexibility index (Phi) is 1.47. The van der Waals surface area contributed by atoms with Crippen molar-refractivity contribution in [2.45, 2.75) is 12.5 Å². The van der Waals surface area contributed by atoms with Crippen LogP contribution in [0.5, 0.6) is 0 Å². The van der Waals surface area contributed by atoms with Crippen molar-refractivity contribution >= 4 is 0 Å². The largest absolute Gasteiger partial charge is 0.350 e. The molecule has 54 valence electrons. The minimum absolute atomic E-state index is 0.704. The second-order valence-electron chi connectivity index (χ2n) is 2.78. The molecule has 0 unspecified atom stereocenters. The number of nitrogens with zero attached hydrogens (tertiary/aromatic N) is 1. The molecule has 1 aromatic rings. The molecular formula is C8H12N2. The first-order chi connectivity index (χ1) is 4.97. The number of hydrogen-bond donors (Lipinski definition) is 1. The van der Waals surface area contributed by atoms with Crippen LogP contribution in [0.2, 0.25) is 0 Å². The fourth-order valence-corrected chi connectivity index (χ4v) is 1.49. The quantitative estimate of drug-likeness (QED) is 0.610. The number of aromatic nitrogens is 1. The summed E-state index contributed by atoms with van der Waals surface area (Å²) in [6, 6.07) is 4.87. The zero-order valence-electron chi connectivity index (χ0n) is 5.96. The van der Waals surface area contributed by atoms with E-state index in [9.17, 15) is 0 Å². The van der Waals surface area contributed by atoms with Crippen LogP contribution in [0, 0.1) is 0 Å². The van der Waals surface area contributed by atoms with Crippen molar-refractivity contribution < 1.29 is 0 Å². The predicted octanol–water partition coefficient (Wildman–Crippen LogP) is 1.02. The Bertz CT molecular complexity index is 185. The molecule has 0 aromatic carbocycles. The molecule has 1 aromatic heterocycles. The third-order valence-electron chi connectivity index (χ3n) is 2.08. The van der Waals surface area contributed by atoms with Crippen molar-refractivity contribution in [3.63, 3.8) is 0 Å². The lowest BCUT2D eigenvalue weighted by Gasteiger charge is -2.08. The molecule has 2 heteroatoms. The van der Waals surface area contributed by atoms with Crippen molar-refractivity contribution in [3.05, 3.63) is 24.5 Å². The molecule has 2 nitrogen and oxygen atoms in total. The predicted molar refractivity (Wildman–Crippen MR) is 41.0 cm³/mol. The number of rotatable bonds is 1. The van der Waals surface area contributed by atoms with E-state index in [1.807, 2.05) is 0 Å². The van der Waals surface area contributed by atoms with E-state index < -0.39 is 0 Å². The highest BCUT2D eigenvalue weighted by molar-refractivity contribution is 4.94. The fourth-order valence-electron chi connectivity index (χ4n) is 1.49. The van der Waals surface area contributed by atoms with E-state index in [-0.39, 0.29) is 0 Å². The molecule has 0 aliphatic carbocycles. The van der Waals surface area contributed by atoms with Gasteiger partial charge in [0.2, 0.25) is 0 Å². The highest BCUT2D eigenvalue weighted by Crippen LogP contribution is 2.13. The van der Waals surface area contributed by atoms with E-state index >= 15 is 0 Å². The van der Waals surface area contributed by atoms with E-state index in [0.29, 0.717) is 6.04 Å². The van der Waals surface area contributed by atoms with Gasteiger partial charge in [0.25, 0.3) is 0 Å². The monoisotopic (exact) mass is 136 g/mol. The number of nitrogens with one attached hydrogen (secondary N) is 1. The van der Waals surface area contributed by atoms with Crippen molar-refractivity contribution in [2.24, 2.45) is 0 Å². The summed E-state index contributed by atoms with van der Waals surface area (Å²) in [5.74, 6) is 0. The maximum absolute atomic E-state index is 3.34. The standard InChI is InChI=1S/C8H12N2/c1-2-6-10(5-1)8-3-4-9-7-8/h1-2,5-6,8-9H,3-4,7H2/t8-/m0/s1. The van der Waals surface area contributed by atoms with Gasteiger partial charge in [0.05, 0.1) is 0 Å². The van der Waals surface area contributed by atoms with E-state index in [4.69, 9.17) is 0 Å².